The smallest absolute Gasteiger partial charge is 0.407 e. The van der Waals surface area contributed by atoms with E-state index in [1.165, 1.54) is 11.3 Å². The average molecular weight is 613 g/mol. The molecule has 0 aliphatic heterocycles. The summed E-state index contributed by atoms with van der Waals surface area (Å²) in [5, 5.41) is 27.1. The molecule has 230 valence electrons. The summed E-state index contributed by atoms with van der Waals surface area (Å²) in [5.74, 6) is -2.03. The molecule has 3 N–H and O–H groups in total. The summed E-state index contributed by atoms with van der Waals surface area (Å²) in [6.45, 7) is 5.21. The summed E-state index contributed by atoms with van der Waals surface area (Å²) >= 11 is 1.40. The van der Waals surface area contributed by atoms with Crippen LogP contribution in [0.4, 0.5) is 9.80 Å². The molecule has 13 heteroatoms. The number of pyridine rings is 1. The fourth-order valence-electron chi connectivity index (χ4n) is 5.30. The first-order valence-electron chi connectivity index (χ1n) is 14.0. The van der Waals surface area contributed by atoms with E-state index in [9.17, 15) is 29.6 Å². The van der Waals surface area contributed by atoms with Crippen molar-refractivity contribution >= 4 is 44.4 Å². The van der Waals surface area contributed by atoms with E-state index in [-0.39, 0.29) is 31.4 Å². The van der Waals surface area contributed by atoms with Gasteiger partial charge in [0.1, 0.15) is 5.60 Å². The number of benzene rings is 1. The molecule has 2 aromatic heterocycles. The molecule has 0 radical (unpaired) electrons. The second kappa shape index (κ2) is 13.4. The summed E-state index contributed by atoms with van der Waals surface area (Å²) < 4.78 is 6.28. The molecular formula is C30H36N4O8S. The lowest BCUT2D eigenvalue weighted by molar-refractivity contribution is -0.759. The van der Waals surface area contributed by atoms with Crippen LogP contribution in [0, 0.1) is 21.4 Å². The van der Waals surface area contributed by atoms with Crippen LogP contribution >= 0.6 is 11.3 Å². The second-order valence-electron chi connectivity index (χ2n) is 11.9. The zero-order chi connectivity index (χ0) is 31.2. The SMILES string of the molecule is CC(C)(C)OC(=O)NC[C@@H](C(=O)Nc1cc2ccncc2s1)c1ccc(CC2(C(=O)O)CCC(CO[N+](=O)[O-])CC2)cc1. The number of hydrogen-bond acceptors (Lipinski definition) is 9. The Hall–Kier alpha value is -4.26. The van der Waals surface area contributed by atoms with Crippen LogP contribution in [0.2, 0.25) is 0 Å². The van der Waals surface area contributed by atoms with Gasteiger partial charge in [-0.1, -0.05) is 24.3 Å². The molecule has 1 aromatic carbocycles. The van der Waals surface area contributed by atoms with Crippen molar-refractivity contribution in [3.05, 3.63) is 70.0 Å². The molecule has 1 aliphatic rings. The van der Waals surface area contributed by atoms with Gasteiger partial charge in [0.05, 0.1) is 27.6 Å². The van der Waals surface area contributed by atoms with Gasteiger partial charge >= 0.3 is 12.1 Å². The van der Waals surface area contributed by atoms with Crippen LogP contribution in [0.15, 0.2) is 48.8 Å². The van der Waals surface area contributed by atoms with Crippen LogP contribution in [0.1, 0.15) is 63.5 Å². The first kappa shape index (κ1) is 31.7. The predicted octanol–water partition coefficient (Wildman–Crippen LogP) is 5.56. The number of thiophene rings is 1. The van der Waals surface area contributed by atoms with Crippen molar-refractivity contribution in [2.75, 3.05) is 18.5 Å². The van der Waals surface area contributed by atoms with Crippen molar-refractivity contribution in [3.8, 4) is 0 Å². The fourth-order valence-corrected chi connectivity index (χ4v) is 6.24. The van der Waals surface area contributed by atoms with Gasteiger partial charge in [0, 0.05) is 18.9 Å². The third-order valence-corrected chi connectivity index (χ3v) is 8.59. The Morgan fingerprint density at radius 1 is 1.19 bits per heavy atom. The van der Waals surface area contributed by atoms with Crippen molar-refractivity contribution in [1.82, 2.24) is 10.3 Å². The molecule has 1 fully saturated rings. The maximum Gasteiger partial charge on any atom is 0.407 e. The minimum absolute atomic E-state index is 0.0147. The summed E-state index contributed by atoms with van der Waals surface area (Å²) in [5.41, 5.74) is -0.252. The summed E-state index contributed by atoms with van der Waals surface area (Å²) in [6, 6.07) is 10.9. The van der Waals surface area contributed by atoms with Crippen molar-refractivity contribution in [1.29, 1.82) is 0 Å². The van der Waals surface area contributed by atoms with E-state index in [2.05, 4.69) is 20.5 Å². The molecule has 0 saturated heterocycles. The number of nitrogens with one attached hydrogen (secondary N) is 2. The number of carboxylic acid groups (broad SMARTS) is 1. The first-order valence-corrected chi connectivity index (χ1v) is 14.9. The lowest BCUT2D eigenvalue weighted by Gasteiger charge is -2.36. The highest BCUT2D eigenvalue weighted by Crippen LogP contribution is 2.42. The number of ether oxygens (including phenoxy) is 1. The number of aromatic nitrogens is 1. The van der Waals surface area contributed by atoms with E-state index >= 15 is 0 Å². The summed E-state index contributed by atoms with van der Waals surface area (Å²) in [6.07, 6.45) is 4.85. The van der Waals surface area contributed by atoms with Gasteiger partial charge < -0.3 is 25.3 Å². The van der Waals surface area contributed by atoms with E-state index in [1.807, 2.05) is 12.1 Å². The molecular weight excluding hydrogens is 576 g/mol. The summed E-state index contributed by atoms with van der Waals surface area (Å²) in [4.78, 5) is 57.4. The minimum atomic E-state index is -0.988. The predicted molar refractivity (Wildman–Crippen MR) is 160 cm³/mol. The molecule has 1 aliphatic carbocycles. The normalized spacial score (nSPS) is 19.3. The number of carbonyl (C=O) groups excluding carboxylic acids is 2. The Kier molecular flexibility index (Phi) is 9.84. The standard InChI is InChI=1S/C30H36N4O8S/c1-29(2,3)42-28(38)32-16-23(26(35)33-25-14-22-10-13-31-17-24(22)43-25)21-6-4-19(5-7-21)15-30(27(36)37)11-8-20(9-12-30)18-41-34(39)40/h4-7,10,13-14,17,20,23H,8-9,11-12,15-16,18H2,1-3H3,(H,32,38)(H,33,35)(H,36,37)/t20?,23-,30?/m1/s1. The number of anilines is 1. The molecule has 1 saturated carbocycles. The van der Waals surface area contributed by atoms with Crippen LogP contribution in [-0.4, -0.2) is 51.9 Å². The van der Waals surface area contributed by atoms with E-state index in [1.54, 1.807) is 57.4 Å². The Labute approximate surface area is 252 Å². The maximum absolute atomic E-state index is 13.5. The fraction of sp³-hybridized carbons (Fsp3) is 0.467. The van der Waals surface area contributed by atoms with Gasteiger partial charge in [0.25, 0.3) is 5.09 Å². The van der Waals surface area contributed by atoms with Crippen molar-refractivity contribution < 1.29 is 34.2 Å². The maximum atomic E-state index is 13.5. The quantitative estimate of drug-likeness (QED) is 0.185. The number of carboxylic acids is 1. The molecule has 1 atom stereocenters. The van der Waals surface area contributed by atoms with Crippen LogP contribution in [-0.2, 0) is 25.6 Å². The highest BCUT2D eigenvalue weighted by atomic mass is 32.1. The van der Waals surface area contributed by atoms with Gasteiger partial charge in [0.2, 0.25) is 5.91 Å². The van der Waals surface area contributed by atoms with Crippen molar-refractivity contribution in [2.45, 2.75) is 64.4 Å². The highest BCUT2D eigenvalue weighted by Gasteiger charge is 2.42. The number of amides is 2. The number of fused-ring (bicyclic) bond motifs is 1. The van der Waals surface area contributed by atoms with Gasteiger partial charge in [-0.25, -0.2) is 4.79 Å². The Morgan fingerprint density at radius 3 is 2.49 bits per heavy atom. The third kappa shape index (κ3) is 8.63. The molecule has 12 nitrogen and oxygen atoms in total. The van der Waals surface area contributed by atoms with Crippen molar-refractivity contribution in [3.63, 3.8) is 0 Å². The van der Waals surface area contributed by atoms with E-state index in [4.69, 9.17) is 4.74 Å². The molecule has 43 heavy (non-hydrogen) atoms. The van der Waals surface area contributed by atoms with Gasteiger partial charge in [-0.3, -0.25) is 14.6 Å². The minimum Gasteiger partial charge on any atom is -0.481 e. The Bertz CT molecular complexity index is 1430. The lowest BCUT2D eigenvalue weighted by atomic mass is 9.67. The topological polar surface area (TPSA) is 170 Å². The van der Waals surface area contributed by atoms with Crippen LogP contribution in [0.3, 0.4) is 0 Å². The van der Waals surface area contributed by atoms with E-state index < -0.39 is 34.1 Å². The Morgan fingerprint density at radius 2 is 1.88 bits per heavy atom. The highest BCUT2D eigenvalue weighted by molar-refractivity contribution is 7.22. The number of aliphatic carboxylic acids is 1. The Balaban J connectivity index is 1.49. The van der Waals surface area contributed by atoms with Crippen LogP contribution < -0.4 is 10.6 Å². The van der Waals surface area contributed by atoms with Gasteiger partial charge in [-0.05, 0) is 87.4 Å². The average Bonchev–Trinajstić information content (AvgIpc) is 3.35. The van der Waals surface area contributed by atoms with E-state index in [0.717, 1.165) is 15.6 Å². The number of nitrogens with zero attached hydrogens (tertiary/aromatic N) is 2. The molecule has 3 aromatic rings. The molecule has 2 amide bonds. The molecule has 2 heterocycles. The largest absolute Gasteiger partial charge is 0.481 e. The number of rotatable bonds is 11. The monoisotopic (exact) mass is 612 g/mol. The van der Waals surface area contributed by atoms with Crippen LogP contribution in [0.25, 0.3) is 10.1 Å². The van der Waals surface area contributed by atoms with E-state index in [0.29, 0.717) is 36.2 Å². The number of alkyl carbamates (subject to hydrolysis) is 1. The van der Waals surface area contributed by atoms with Gasteiger partial charge in [-0.15, -0.1) is 21.5 Å². The van der Waals surface area contributed by atoms with Crippen molar-refractivity contribution in [2.24, 2.45) is 11.3 Å². The number of carbonyl (C=O) groups is 3. The zero-order valence-electron chi connectivity index (χ0n) is 24.3. The molecule has 0 spiro atoms. The first-order chi connectivity index (χ1) is 20.3. The number of hydrogen-bond donors (Lipinski definition) is 3. The van der Waals surface area contributed by atoms with Gasteiger partial charge in [0.15, 0.2) is 0 Å². The molecule has 0 bridgehead atoms. The second-order valence-corrected chi connectivity index (χ2v) is 13.0. The lowest BCUT2D eigenvalue weighted by Crippen LogP contribution is -2.38. The van der Waals surface area contributed by atoms with Crippen LogP contribution in [0.5, 0.6) is 0 Å². The summed E-state index contributed by atoms with van der Waals surface area (Å²) in [7, 11) is 0. The molecule has 0 unspecified atom stereocenters. The van der Waals surface area contributed by atoms with Gasteiger partial charge in [-0.2, -0.15) is 0 Å². The molecule has 4 rings (SSSR count). The third-order valence-electron chi connectivity index (χ3n) is 7.59. The zero-order valence-corrected chi connectivity index (χ0v) is 25.1.